The Morgan fingerprint density at radius 3 is 2.25 bits per heavy atom. The molecule has 1 rings (SSSR count). The van der Waals surface area contributed by atoms with E-state index in [2.05, 4.69) is 11.8 Å². The standard InChI is InChI=1S/C6H13NO/c1-6(8-2)7-4-3-5-7/h6H,3-5H2,1-2H3. The third kappa shape index (κ3) is 1.01. The molecule has 48 valence electrons. The van der Waals surface area contributed by atoms with E-state index in [1.807, 2.05) is 0 Å². The summed E-state index contributed by atoms with van der Waals surface area (Å²) in [5.41, 5.74) is 0. The Morgan fingerprint density at radius 2 is 2.12 bits per heavy atom. The molecule has 1 saturated heterocycles. The van der Waals surface area contributed by atoms with Gasteiger partial charge in [-0.25, -0.2) is 0 Å². The molecule has 1 aliphatic heterocycles. The summed E-state index contributed by atoms with van der Waals surface area (Å²) in [6.07, 6.45) is 1.68. The molecule has 1 heterocycles. The van der Waals surface area contributed by atoms with Gasteiger partial charge in [0.15, 0.2) is 0 Å². The number of rotatable bonds is 2. The van der Waals surface area contributed by atoms with Crippen molar-refractivity contribution in [2.45, 2.75) is 19.6 Å². The predicted octanol–water partition coefficient (Wildman–Crippen LogP) is 0.684. The third-order valence-electron chi connectivity index (χ3n) is 1.75. The Labute approximate surface area is 50.4 Å². The Hall–Kier alpha value is -0.0800. The van der Waals surface area contributed by atoms with Gasteiger partial charge in [0.2, 0.25) is 0 Å². The average Bonchev–Trinajstić information content (AvgIpc) is 1.62. The number of likely N-dealkylation sites (tertiary alicyclic amines) is 1. The van der Waals surface area contributed by atoms with E-state index in [0.29, 0.717) is 6.23 Å². The second-order valence-electron chi connectivity index (χ2n) is 2.22. The quantitative estimate of drug-likeness (QED) is 0.525. The minimum atomic E-state index is 0.337. The minimum Gasteiger partial charge on any atom is -0.367 e. The molecule has 0 bridgehead atoms. The van der Waals surface area contributed by atoms with Crippen LogP contribution in [-0.2, 0) is 4.74 Å². The van der Waals surface area contributed by atoms with Gasteiger partial charge in [-0.1, -0.05) is 0 Å². The first-order valence-electron chi connectivity index (χ1n) is 3.11. The molecular formula is C6H13NO. The second-order valence-corrected chi connectivity index (χ2v) is 2.22. The SMILES string of the molecule is COC(C)N1CCC1. The normalized spacial score (nSPS) is 24.8. The first kappa shape index (κ1) is 6.05. The molecule has 0 aromatic heterocycles. The summed E-state index contributed by atoms with van der Waals surface area (Å²) in [5, 5.41) is 0. The zero-order valence-electron chi connectivity index (χ0n) is 5.55. The van der Waals surface area contributed by atoms with Crippen LogP contribution in [0, 0.1) is 0 Å². The largest absolute Gasteiger partial charge is 0.367 e. The van der Waals surface area contributed by atoms with Crippen LogP contribution in [-0.4, -0.2) is 31.3 Å². The van der Waals surface area contributed by atoms with Gasteiger partial charge in [-0.3, -0.25) is 4.90 Å². The molecule has 0 N–H and O–H groups in total. The van der Waals surface area contributed by atoms with Crippen LogP contribution in [0.4, 0.5) is 0 Å². The number of hydrogen-bond donors (Lipinski definition) is 0. The summed E-state index contributed by atoms with van der Waals surface area (Å²) in [6.45, 7) is 4.52. The maximum atomic E-state index is 5.08. The van der Waals surface area contributed by atoms with Gasteiger partial charge in [0.25, 0.3) is 0 Å². The Bertz CT molecular complexity index is 68.2. The van der Waals surface area contributed by atoms with Crippen LogP contribution in [0.2, 0.25) is 0 Å². The molecule has 0 aromatic rings. The molecule has 2 heteroatoms. The predicted molar refractivity (Wildman–Crippen MR) is 32.7 cm³/mol. The van der Waals surface area contributed by atoms with Crippen molar-refractivity contribution in [3.8, 4) is 0 Å². The van der Waals surface area contributed by atoms with Crippen molar-refractivity contribution in [1.82, 2.24) is 4.90 Å². The highest BCUT2D eigenvalue weighted by atomic mass is 16.5. The molecule has 1 unspecified atom stereocenters. The molecule has 0 spiro atoms. The second kappa shape index (κ2) is 2.46. The van der Waals surface area contributed by atoms with E-state index >= 15 is 0 Å². The number of methoxy groups -OCH3 is 1. The molecular weight excluding hydrogens is 102 g/mol. The molecule has 2 nitrogen and oxygen atoms in total. The van der Waals surface area contributed by atoms with Crippen molar-refractivity contribution in [3.05, 3.63) is 0 Å². The van der Waals surface area contributed by atoms with E-state index in [0.717, 1.165) is 0 Å². The summed E-state index contributed by atoms with van der Waals surface area (Å²) in [6, 6.07) is 0. The van der Waals surface area contributed by atoms with Crippen molar-refractivity contribution < 1.29 is 4.74 Å². The molecule has 1 aliphatic rings. The van der Waals surface area contributed by atoms with Crippen molar-refractivity contribution in [2.24, 2.45) is 0 Å². The van der Waals surface area contributed by atoms with Crippen LogP contribution < -0.4 is 0 Å². The smallest absolute Gasteiger partial charge is 0.107 e. The van der Waals surface area contributed by atoms with Crippen LogP contribution >= 0.6 is 0 Å². The number of ether oxygens (including phenoxy) is 1. The fourth-order valence-corrected chi connectivity index (χ4v) is 0.853. The van der Waals surface area contributed by atoms with E-state index in [-0.39, 0.29) is 0 Å². The van der Waals surface area contributed by atoms with Gasteiger partial charge in [-0.2, -0.15) is 0 Å². The maximum absolute atomic E-state index is 5.08. The lowest BCUT2D eigenvalue weighted by molar-refractivity contribution is -0.0506. The topological polar surface area (TPSA) is 12.5 Å². The molecule has 1 atom stereocenters. The van der Waals surface area contributed by atoms with Crippen LogP contribution in [0.15, 0.2) is 0 Å². The molecule has 8 heavy (non-hydrogen) atoms. The summed E-state index contributed by atoms with van der Waals surface area (Å²) in [4.78, 5) is 2.31. The van der Waals surface area contributed by atoms with Gasteiger partial charge in [-0.15, -0.1) is 0 Å². The Morgan fingerprint density at radius 1 is 1.50 bits per heavy atom. The van der Waals surface area contributed by atoms with Crippen molar-refractivity contribution in [2.75, 3.05) is 20.2 Å². The van der Waals surface area contributed by atoms with E-state index < -0.39 is 0 Å². The van der Waals surface area contributed by atoms with Gasteiger partial charge in [0.05, 0.1) is 0 Å². The van der Waals surface area contributed by atoms with Crippen molar-refractivity contribution in [3.63, 3.8) is 0 Å². The highest BCUT2D eigenvalue weighted by Crippen LogP contribution is 2.09. The van der Waals surface area contributed by atoms with Gasteiger partial charge in [0, 0.05) is 20.2 Å². The summed E-state index contributed by atoms with van der Waals surface area (Å²) in [7, 11) is 1.75. The summed E-state index contributed by atoms with van der Waals surface area (Å²) >= 11 is 0. The van der Waals surface area contributed by atoms with Crippen LogP contribution in [0.5, 0.6) is 0 Å². The number of nitrogens with zero attached hydrogens (tertiary/aromatic N) is 1. The van der Waals surface area contributed by atoms with Gasteiger partial charge >= 0.3 is 0 Å². The molecule has 1 fully saturated rings. The fraction of sp³-hybridized carbons (Fsp3) is 1.00. The lowest BCUT2D eigenvalue weighted by Gasteiger charge is -2.35. The molecule has 0 aliphatic carbocycles. The number of hydrogen-bond acceptors (Lipinski definition) is 2. The lowest BCUT2D eigenvalue weighted by Crippen LogP contribution is -2.44. The zero-order chi connectivity index (χ0) is 5.98. The van der Waals surface area contributed by atoms with Gasteiger partial charge in [0.1, 0.15) is 6.23 Å². The summed E-state index contributed by atoms with van der Waals surface area (Å²) in [5.74, 6) is 0. The third-order valence-corrected chi connectivity index (χ3v) is 1.75. The van der Waals surface area contributed by atoms with Crippen LogP contribution in [0.1, 0.15) is 13.3 Å². The van der Waals surface area contributed by atoms with Crippen LogP contribution in [0.3, 0.4) is 0 Å². The van der Waals surface area contributed by atoms with Gasteiger partial charge < -0.3 is 4.74 Å². The van der Waals surface area contributed by atoms with E-state index in [1.165, 1.54) is 19.5 Å². The zero-order valence-corrected chi connectivity index (χ0v) is 5.55. The van der Waals surface area contributed by atoms with Crippen molar-refractivity contribution in [1.29, 1.82) is 0 Å². The van der Waals surface area contributed by atoms with E-state index in [9.17, 15) is 0 Å². The first-order valence-corrected chi connectivity index (χ1v) is 3.11. The lowest BCUT2D eigenvalue weighted by atomic mass is 10.2. The van der Waals surface area contributed by atoms with E-state index in [1.54, 1.807) is 7.11 Å². The highest BCUT2D eigenvalue weighted by Gasteiger charge is 2.18. The highest BCUT2D eigenvalue weighted by molar-refractivity contribution is 4.68. The van der Waals surface area contributed by atoms with Crippen molar-refractivity contribution >= 4 is 0 Å². The fourth-order valence-electron chi connectivity index (χ4n) is 0.853. The molecule has 0 amide bonds. The average molecular weight is 115 g/mol. The van der Waals surface area contributed by atoms with Gasteiger partial charge in [-0.05, 0) is 13.3 Å². The molecule has 0 radical (unpaired) electrons. The summed E-state index contributed by atoms with van der Waals surface area (Å²) < 4.78 is 5.08. The van der Waals surface area contributed by atoms with Crippen LogP contribution in [0.25, 0.3) is 0 Å². The van der Waals surface area contributed by atoms with E-state index in [4.69, 9.17) is 4.74 Å². The Kier molecular flexibility index (Phi) is 1.86. The maximum Gasteiger partial charge on any atom is 0.107 e. The minimum absolute atomic E-state index is 0.337. The first-order chi connectivity index (χ1) is 3.84. The molecule has 0 aromatic carbocycles. The monoisotopic (exact) mass is 115 g/mol. The Balaban J connectivity index is 2.13. The molecule has 0 saturated carbocycles.